The van der Waals surface area contributed by atoms with Crippen LogP contribution in [0.2, 0.25) is 0 Å². The van der Waals surface area contributed by atoms with E-state index in [0.717, 1.165) is 8.25 Å². The number of hydrogen-bond acceptors (Lipinski definition) is 8. The third kappa shape index (κ3) is 15.0. The number of quaternary nitrogens is 2. The number of rotatable bonds is 11. The summed E-state index contributed by atoms with van der Waals surface area (Å²) in [5.41, 5.74) is -24.8. The SMILES string of the molecule is C[N+]1(CCCCCC[N+]2(C)CCCC2)CCCC1.O=S(=O)([N-]S(=O)(=O)C(F)(F)F)C(F)(F)F.O=S(=O)([N-]S(=O)(=O)C(F)(F)F)C(F)(F)F. The second kappa shape index (κ2) is 16.4. The van der Waals surface area contributed by atoms with Crippen LogP contribution in [0.5, 0.6) is 0 Å². The van der Waals surface area contributed by atoms with E-state index in [1.165, 1.54) is 99.6 Å². The zero-order valence-electron chi connectivity index (χ0n) is 25.1. The Bertz CT molecular complexity index is 1270. The van der Waals surface area contributed by atoms with E-state index in [9.17, 15) is 86.4 Å². The number of nitrogens with zero attached hydrogens (tertiary/aromatic N) is 4. The average molecular weight is 815 g/mol. The van der Waals surface area contributed by atoms with Gasteiger partial charge in [0.2, 0.25) is 0 Å². The van der Waals surface area contributed by atoms with Gasteiger partial charge >= 0.3 is 22.0 Å². The predicted molar refractivity (Wildman–Crippen MR) is 145 cm³/mol. The van der Waals surface area contributed by atoms with Crippen LogP contribution < -0.4 is 0 Å². The Morgan fingerprint density at radius 3 is 0.771 bits per heavy atom. The average Bonchev–Trinajstić information content (AvgIpc) is 3.47. The van der Waals surface area contributed by atoms with Crippen molar-refractivity contribution in [3.8, 4) is 0 Å². The Labute approximate surface area is 270 Å². The van der Waals surface area contributed by atoms with Crippen LogP contribution in [0.25, 0.3) is 8.25 Å². The van der Waals surface area contributed by atoms with Crippen LogP contribution in [0.4, 0.5) is 52.7 Å². The number of alkyl halides is 12. The minimum Gasteiger partial charge on any atom is -0.421 e. The molecule has 0 N–H and O–H groups in total. The lowest BCUT2D eigenvalue weighted by Crippen LogP contribution is -2.42. The molecule has 0 radical (unpaired) electrons. The van der Waals surface area contributed by atoms with Crippen molar-refractivity contribution >= 4 is 40.1 Å². The van der Waals surface area contributed by atoms with Gasteiger partial charge in [0.05, 0.1) is 53.4 Å². The maximum Gasteiger partial charge on any atom is 0.480 e. The summed E-state index contributed by atoms with van der Waals surface area (Å²) in [6.07, 6.45) is 11.7. The summed E-state index contributed by atoms with van der Waals surface area (Å²) in [7, 11) is -22.0. The highest BCUT2D eigenvalue weighted by atomic mass is 32.3. The largest absolute Gasteiger partial charge is 0.480 e. The van der Waals surface area contributed by atoms with Crippen LogP contribution >= 0.6 is 0 Å². The second-order valence-electron chi connectivity index (χ2n) is 11.2. The van der Waals surface area contributed by atoms with Crippen molar-refractivity contribution in [3.63, 3.8) is 0 Å². The van der Waals surface area contributed by atoms with Crippen molar-refractivity contribution in [1.29, 1.82) is 0 Å². The van der Waals surface area contributed by atoms with Gasteiger partial charge in [-0.25, -0.2) is 33.7 Å². The lowest BCUT2D eigenvalue weighted by molar-refractivity contribution is -0.898. The molecule has 0 atom stereocenters. The quantitative estimate of drug-likeness (QED) is 0.157. The molecule has 0 aromatic carbocycles. The van der Waals surface area contributed by atoms with E-state index in [1.54, 1.807) is 0 Å². The highest BCUT2D eigenvalue weighted by molar-refractivity contribution is 8.13. The Balaban J connectivity index is 0.000000696. The molecule has 2 heterocycles. The minimum atomic E-state index is -6.72. The zero-order valence-corrected chi connectivity index (χ0v) is 28.4. The fourth-order valence-electron chi connectivity index (χ4n) is 4.41. The van der Waals surface area contributed by atoms with Crippen molar-refractivity contribution in [2.45, 2.75) is 73.4 Å². The molecule has 2 aliphatic rings. The molecular weight excluding hydrogens is 780 g/mol. The van der Waals surface area contributed by atoms with Gasteiger partial charge in [-0.3, -0.25) is 0 Å². The van der Waals surface area contributed by atoms with Crippen molar-refractivity contribution < 1.29 is 95.3 Å². The van der Waals surface area contributed by atoms with Crippen LogP contribution in [0.3, 0.4) is 0 Å². The van der Waals surface area contributed by atoms with Gasteiger partial charge in [0.1, 0.15) is 0 Å². The standard InChI is InChI=1S/C16H34N2.2C2F6NO4S2/c1-17(13-7-8-14-17)11-5-3-4-6-12-18(2)15-9-10-16-18;2*3-1(4,5)14(10,11)9-15(12,13)2(6,7)8/h3-16H2,1-2H3;;/q+2;2*-1. The number of hydrogen-bond donors (Lipinski definition) is 0. The minimum absolute atomic E-state index is 0.778. The molecule has 2 aliphatic heterocycles. The Hall–Kier alpha value is -1.20. The van der Waals surface area contributed by atoms with Crippen LogP contribution in [0, 0.1) is 0 Å². The fraction of sp³-hybridized carbons (Fsp3) is 1.00. The van der Waals surface area contributed by atoms with E-state index < -0.39 is 62.1 Å². The smallest absolute Gasteiger partial charge is 0.421 e. The van der Waals surface area contributed by atoms with E-state index in [2.05, 4.69) is 14.1 Å². The van der Waals surface area contributed by atoms with Gasteiger partial charge in [0.25, 0.3) is 0 Å². The highest BCUT2D eigenvalue weighted by Gasteiger charge is 2.48. The van der Waals surface area contributed by atoms with E-state index >= 15 is 0 Å². The normalized spacial score (nSPS) is 19.2. The summed E-state index contributed by atoms with van der Waals surface area (Å²) in [6, 6.07) is 0. The Morgan fingerprint density at radius 2 is 0.604 bits per heavy atom. The first-order chi connectivity index (χ1) is 21.0. The summed E-state index contributed by atoms with van der Waals surface area (Å²) in [6.45, 7) is 8.63. The van der Waals surface area contributed by atoms with Crippen LogP contribution in [-0.4, -0.2) is 118 Å². The number of sulfonamides is 4. The van der Waals surface area contributed by atoms with Gasteiger partial charge in [-0.1, -0.05) is 0 Å². The molecule has 2 saturated heterocycles. The van der Waals surface area contributed by atoms with Gasteiger partial charge in [-0.15, -0.1) is 0 Å². The number of likely N-dealkylation sites (tertiary alicyclic amines) is 2. The van der Waals surface area contributed by atoms with E-state index in [-0.39, 0.29) is 0 Å². The molecule has 290 valence electrons. The topological polar surface area (TPSA) is 165 Å². The maximum absolute atomic E-state index is 11.4. The van der Waals surface area contributed by atoms with Crippen LogP contribution in [-0.2, 0) is 40.1 Å². The van der Waals surface area contributed by atoms with Crippen LogP contribution in [0.1, 0.15) is 51.4 Å². The molecule has 0 saturated carbocycles. The van der Waals surface area contributed by atoms with E-state index in [0.29, 0.717) is 0 Å². The molecule has 0 bridgehead atoms. The monoisotopic (exact) mass is 814 g/mol. The fourth-order valence-corrected chi connectivity index (χ4v) is 7.83. The van der Waals surface area contributed by atoms with Gasteiger partial charge in [-0.2, -0.15) is 52.7 Å². The van der Waals surface area contributed by atoms with Crippen molar-refractivity contribution in [2.75, 3.05) is 53.4 Å². The lowest BCUT2D eigenvalue weighted by atomic mass is 10.1. The van der Waals surface area contributed by atoms with Gasteiger partial charge in [0, 0.05) is 25.7 Å². The molecule has 0 aromatic rings. The van der Waals surface area contributed by atoms with E-state index in [4.69, 9.17) is 0 Å². The first-order valence-electron chi connectivity index (χ1n) is 13.4. The van der Waals surface area contributed by atoms with Crippen molar-refractivity contribution in [3.05, 3.63) is 8.25 Å². The zero-order chi connectivity index (χ0) is 38.3. The summed E-state index contributed by atoms with van der Waals surface area (Å²) in [5.74, 6) is 0. The summed E-state index contributed by atoms with van der Waals surface area (Å²) in [5, 5.41) is 0. The molecule has 0 aliphatic carbocycles. The summed E-state index contributed by atoms with van der Waals surface area (Å²) in [4.78, 5) is 0. The molecule has 2 fully saturated rings. The summed E-state index contributed by atoms with van der Waals surface area (Å²) < 4.78 is 221. The highest BCUT2D eigenvalue weighted by Crippen LogP contribution is 2.37. The molecule has 0 aromatic heterocycles. The first-order valence-corrected chi connectivity index (χ1v) is 19.2. The molecule has 0 unspecified atom stereocenters. The van der Waals surface area contributed by atoms with Gasteiger partial charge in [0.15, 0.2) is 40.1 Å². The third-order valence-electron chi connectivity index (χ3n) is 7.00. The molecule has 2 rings (SSSR count). The Kier molecular flexibility index (Phi) is 16.0. The van der Waals surface area contributed by atoms with Crippen molar-refractivity contribution in [2.24, 2.45) is 0 Å². The third-order valence-corrected chi connectivity index (χ3v) is 12.5. The molecule has 28 heteroatoms. The molecule has 0 amide bonds. The summed E-state index contributed by atoms with van der Waals surface area (Å²) >= 11 is 0. The number of unbranched alkanes of at least 4 members (excludes halogenated alkanes) is 3. The van der Waals surface area contributed by atoms with E-state index in [1.807, 2.05) is 0 Å². The maximum atomic E-state index is 11.4. The lowest BCUT2D eigenvalue weighted by Gasteiger charge is -2.30. The Morgan fingerprint density at radius 1 is 0.417 bits per heavy atom. The van der Waals surface area contributed by atoms with Gasteiger partial charge < -0.3 is 17.2 Å². The van der Waals surface area contributed by atoms with Gasteiger partial charge in [-0.05, 0) is 25.7 Å². The second-order valence-corrected chi connectivity index (χ2v) is 18.1. The molecule has 12 nitrogen and oxygen atoms in total. The van der Waals surface area contributed by atoms with Crippen LogP contribution in [0.15, 0.2) is 0 Å². The first kappa shape index (κ1) is 46.8. The molecule has 0 spiro atoms. The molecule has 48 heavy (non-hydrogen) atoms. The number of halogens is 12. The predicted octanol–water partition coefficient (Wildman–Crippen LogP) is 5.15. The molecular formula is C20H34F12N4O8S4. The van der Waals surface area contributed by atoms with Crippen molar-refractivity contribution in [1.82, 2.24) is 0 Å².